The lowest BCUT2D eigenvalue weighted by Gasteiger charge is -2.17. The van der Waals surface area contributed by atoms with E-state index in [1.807, 2.05) is 23.1 Å². The average molecular weight is 304 g/mol. The molecule has 0 aliphatic heterocycles. The van der Waals surface area contributed by atoms with Gasteiger partial charge in [0, 0.05) is 23.2 Å². The fourth-order valence-electron chi connectivity index (χ4n) is 3.14. The fraction of sp³-hybridized carbons (Fsp3) is 0.625. The fourth-order valence-corrected chi connectivity index (χ4v) is 4.38. The van der Waals surface area contributed by atoms with E-state index in [0.717, 1.165) is 25.1 Å². The number of hydrogen-bond donors (Lipinski definition) is 1. The molecule has 1 aliphatic rings. The van der Waals surface area contributed by atoms with E-state index >= 15 is 0 Å². The first-order valence-electron chi connectivity index (χ1n) is 7.83. The van der Waals surface area contributed by atoms with Crippen LogP contribution in [0.4, 0.5) is 0 Å². The van der Waals surface area contributed by atoms with E-state index in [4.69, 9.17) is 4.98 Å². The van der Waals surface area contributed by atoms with Gasteiger partial charge in [0.2, 0.25) is 0 Å². The van der Waals surface area contributed by atoms with Crippen LogP contribution in [0, 0.1) is 13.8 Å². The quantitative estimate of drug-likeness (QED) is 0.923. The Morgan fingerprint density at radius 2 is 2.14 bits per heavy atom. The summed E-state index contributed by atoms with van der Waals surface area (Å²) < 4.78 is 1.98. The van der Waals surface area contributed by atoms with Gasteiger partial charge in [-0.25, -0.2) is 4.98 Å². The Labute approximate surface area is 130 Å². The summed E-state index contributed by atoms with van der Waals surface area (Å²) in [5.74, 6) is 0. The van der Waals surface area contributed by atoms with Crippen molar-refractivity contribution in [1.29, 1.82) is 0 Å². The molecule has 0 bridgehead atoms. The Kier molecular flexibility index (Phi) is 4.13. The number of fused-ring (bicyclic) bond motifs is 1. The van der Waals surface area contributed by atoms with E-state index in [0.29, 0.717) is 0 Å². The summed E-state index contributed by atoms with van der Waals surface area (Å²) in [4.78, 5) is 6.42. The molecule has 2 aromatic rings. The van der Waals surface area contributed by atoms with Crippen LogP contribution in [0.2, 0.25) is 0 Å². The highest BCUT2D eigenvalue weighted by molar-refractivity contribution is 7.11. The molecule has 5 heteroatoms. The smallest absolute Gasteiger partial charge is 0.115 e. The third kappa shape index (κ3) is 2.64. The van der Waals surface area contributed by atoms with Gasteiger partial charge in [0.15, 0.2) is 0 Å². The molecule has 1 aliphatic carbocycles. The molecule has 0 saturated heterocycles. The molecule has 1 unspecified atom stereocenters. The molecular weight excluding hydrogens is 280 g/mol. The summed E-state index contributed by atoms with van der Waals surface area (Å²) in [5, 5.41) is 9.48. The van der Waals surface area contributed by atoms with Crippen LogP contribution in [0.25, 0.3) is 0 Å². The Balaban J connectivity index is 2.00. The van der Waals surface area contributed by atoms with Crippen molar-refractivity contribution in [3.05, 3.63) is 32.5 Å². The number of thiazole rings is 1. The van der Waals surface area contributed by atoms with E-state index in [1.165, 1.54) is 39.7 Å². The monoisotopic (exact) mass is 304 g/mol. The van der Waals surface area contributed by atoms with Crippen LogP contribution in [0.3, 0.4) is 0 Å². The van der Waals surface area contributed by atoms with E-state index in [1.54, 1.807) is 0 Å². The number of nitrogens with zero attached hydrogens (tertiary/aromatic N) is 3. The number of nitrogens with one attached hydrogen (secondary N) is 1. The maximum absolute atomic E-state index is 4.93. The zero-order valence-corrected chi connectivity index (χ0v) is 14.2. The van der Waals surface area contributed by atoms with Gasteiger partial charge in [-0.05, 0) is 46.1 Å². The molecule has 4 nitrogen and oxygen atoms in total. The molecule has 0 fully saturated rings. The molecule has 21 heavy (non-hydrogen) atoms. The van der Waals surface area contributed by atoms with Crippen molar-refractivity contribution in [1.82, 2.24) is 20.1 Å². The van der Waals surface area contributed by atoms with Crippen LogP contribution in [-0.2, 0) is 19.9 Å². The molecule has 2 heterocycles. The molecule has 0 amide bonds. The third-order valence-electron chi connectivity index (χ3n) is 4.31. The molecule has 1 N–H and O–H groups in total. The summed E-state index contributed by atoms with van der Waals surface area (Å²) in [6, 6.07) is 0.189. The summed E-state index contributed by atoms with van der Waals surface area (Å²) in [5.41, 5.74) is 4.98. The van der Waals surface area contributed by atoms with Gasteiger partial charge >= 0.3 is 0 Å². The lowest BCUT2D eigenvalue weighted by molar-refractivity contribution is 0.588. The Bertz CT molecular complexity index is 619. The van der Waals surface area contributed by atoms with E-state index in [-0.39, 0.29) is 6.04 Å². The Morgan fingerprint density at radius 3 is 2.76 bits per heavy atom. The van der Waals surface area contributed by atoms with E-state index < -0.39 is 0 Å². The van der Waals surface area contributed by atoms with E-state index in [2.05, 4.69) is 31.2 Å². The molecule has 0 radical (unpaired) electrons. The number of aromatic nitrogens is 3. The maximum atomic E-state index is 4.93. The predicted molar refractivity (Wildman–Crippen MR) is 87.0 cm³/mol. The van der Waals surface area contributed by atoms with Crippen LogP contribution < -0.4 is 5.32 Å². The van der Waals surface area contributed by atoms with Crippen LogP contribution >= 0.6 is 11.3 Å². The van der Waals surface area contributed by atoms with Gasteiger partial charge in [-0.3, -0.25) is 4.68 Å². The molecule has 3 rings (SSSR count). The minimum atomic E-state index is 0.189. The molecule has 1 atom stereocenters. The van der Waals surface area contributed by atoms with Crippen molar-refractivity contribution in [3.8, 4) is 0 Å². The van der Waals surface area contributed by atoms with Gasteiger partial charge in [0.25, 0.3) is 0 Å². The van der Waals surface area contributed by atoms with Crippen molar-refractivity contribution in [3.63, 3.8) is 0 Å². The number of rotatable bonds is 5. The lowest BCUT2D eigenvalue weighted by atomic mass is 10.1. The predicted octanol–water partition coefficient (Wildman–Crippen LogP) is 3.07. The Morgan fingerprint density at radius 1 is 1.33 bits per heavy atom. The first-order chi connectivity index (χ1) is 10.1. The molecule has 0 aromatic carbocycles. The lowest BCUT2D eigenvalue weighted by Crippen LogP contribution is -2.24. The number of hydrogen-bond acceptors (Lipinski definition) is 4. The van der Waals surface area contributed by atoms with E-state index in [9.17, 15) is 0 Å². The summed E-state index contributed by atoms with van der Waals surface area (Å²) in [6.45, 7) is 7.46. The van der Waals surface area contributed by atoms with Crippen molar-refractivity contribution in [2.45, 2.75) is 52.5 Å². The van der Waals surface area contributed by atoms with Crippen LogP contribution in [0.1, 0.15) is 58.3 Å². The number of aryl methyl sites for hydroxylation is 4. The minimum Gasteiger partial charge on any atom is -0.304 e. The second kappa shape index (κ2) is 5.89. The minimum absolute atomic E-state index is 0.189. The molecule has 0 spiro atoms. The SMILES string of the molecule is CCCNC(c1nc2c(s1)CCC2)c1c(C)nn(C)c1C. The first kappa shape index (κ1) is 14.7. The topological polar surface area (TPSA) is 42.7 Å². The molecule has 0 saturated carbocycles. The molecular formula is C16H24N4S. The second-order valence-electron chi connectivity index (χ2n) is 5.87. The van der Waals surface area contributed by atoms with Crippen molar-refractivity contribution < 1.29 is 0 Å². The van der Waals surface area contributed by atoms with Gasteiger partial charge in [-0.1, -0.05) is 6.92 Å². The van der Waals surface area contributed by atoms with Crippen LogP contribution in [-0.4, -0.2) is 21.3 Å². The third-order valence-corrected chi connectivity index (χ3v) is 5.53. The highest BCUT2D eigenvalue weighted by Gasteiger charge is 2.26. The van der Waals surface area contributed by atoms with Crippen molar-refractivity contribution >= 4 is 11.3 Å². The van der Waals surface area contributed by atoms with Crippen molar-refractivity contribution in [2.75, 3.05) is 6.54 Å². The zero-order chi connectivity index (χ0) is 15.0. The van der Waals surface area contributed by atoms with Crippen molar-refractivity contribution in [2.24, 2.45) is 7.05 Å². The Hall–Kier alpha value is -1.20. The normalized spacial score (nSPS) is 15.4. The summed E-state index contributed by atoms with van der Waals surface area (Å²) in [7, 11) is 2.02. The van der Waals surface area contributed by atoms with Crippen LogP contribution in [0.5, 0.6) is 0 Å². The van der Waals surface area contributed by atoms with Gasteiger partial charge < -0.3 is 5.32 Å². The van der Waals surface area contributed by atoms with Gasteiger partial charge in [-0.2, -0.15) is 5.10 Å². The zero-order valence-electron chi connectivity index (χ0n) is 13.4. The second-order valence-corrected chi connectivity index (χ2v) is 6.99. The highest BCUT2D eigenvalue weighted by Crippen LogP contribution is 2.35. The average Bonchev–Trinajstić information content (AvgIpc) is 3.08. The van der Waals surface area contributed by atoms with Gasteiger partial charge in [0.05, 0.1) is 17.4 Å². The molecule has 2 aromatic heterocycles. The van der Waals surface area contributed by atoms with Gasteiger partial charge in [0.1, 0.15) is 5.01 Å². The van der Waals surface area contributed by atoms with Gasteiger partial charge in [-0.15, -0.1) is 11.3 Å². The summed E-state index contributed by atoms with van der Waals surface area (Å²) >= 11 is 1.89. The van der Waals surface area contributed by atoms with Crippen LogP contribution in [0.15, 0.2) is 0 Å². The first-order valence-corrected chi connectivity index (χ1v) is 8.65. The standard InChI is InChI=1S/C16H24N4S/c1-5-9-17-15(14-10(2)19-20(4)11(14)3)16-18-12-7-6-8-13(12)21-16/h15,17H,5-9H2,1-4H3. The highest BCUT2D eigenvalue weighted by atomic mass is 32.1. The molecule has 114 valence electrons. The maximum Gasteiger partial charge on any atom is 0.115 e. The largest absolute Gasteiger partial charge is 0.304 e. The summed E-state index contributed by atoms with van der Waals surface area (Å²) in [6.07, 6.45) is 4.75.